The van der Waals surface area contributed by atoms with Gasteiger partial charge in [0.2, 0.25) is 0 Å². The molecule has 0 fully saturated rings. The zero-order valence-corrected chi connectivity index (χ0v) is 9.78. The summed E-state index contributed by atoms with van der Waals surface area (Å²) in [6.07, 6.45) is 1.43. The molecule has 1 heterocycles. The zero-order chi connectivity index (χ0) is 12.4. The first-order valence-electron chi connectivity index (χ1n) is 4.92. The average molecular weight is 252 g/mol. The highest BCUT2D eigenvalue weighted by Crippen LogP contribution is 2.27. The van der Waals surface area contributed by atoms with Gasteiger partial charge in [-0.2, -0.15) is 0 Å². The number of benzene rings is 1. The second-order valence-corrected chi connectivity index (χ2v) is 3.94. The van der Waals surface area contributed by atoms with Gasteiger partial charge in [-0.15, -0.1) is 0 Å². The van der Waals surface area contributed by atoms with E-state index < -0.39 is 0 Å². The molecule has 17 heavy (non-hydrogen) atoms. The van der Waals surface area contributed by atoms with Crippen molar-refractivity contribution in [3.8, 4) is 5.75 Å². The standard InChI is InChI=1S/C12H10ClNO3/c1-7-9(4-5-17-7)12(16)14-10-6-8(13)2-3-11(10)15/h2-6,15H,1H3,(H,14,16). The molecule has 0 radical (unpaired) electrons. The summed E-state index contributed by atoms with van der Waals surface area (Å²) in [5, 5.41) is 12.5. The predicted octanol–water partition coefficient (Wildman–Crippen LogP) is 3.20. The Kier molecular flexibility index (Phi) is 3.06. The molecular formula is C12H10ClNO3. The predicted molar refractivity (Wildman–Crippen MR) is 64.5 cm³/mol. The van der Waals surface area contributed by atoms with Crippen molar-refractivity contribution in [3.63, 3.8) is 0 Å². The fraction of sp³-hybridized carbons (Fsp3) is 0.0833. The molecule has 2 rings (SSSR count). The first-order chi connectivity index (χ1) is 8.08. The van der Waals surface area contributed by atoms with Crippen molar-refractivity contribution in [2.24, 2.45) is 0 Å². The Morgan fingerprint density at radius 1 is 1.41 bits per heavy atom. The van der Waals surface area contributed by atoms with Crippen molar-refractivity contribution in [1.82, 2.24) is 0 Å². The molecule has 0 aliphatic rings. The van der Waals surface area contributed by atoms with Gasteiger partial charge >= 0.3 is 0 Å². The Morgan fingerprint density at radius 3 is 2.82 bits per heavy atom. The van der Waals surface area contributed by atoms with E-state index in [-0.39, 0.29) is 17.3 Å². The Labute approximate surface area is 103 Å². The minimum absolute atomic E-state index is 0.0381. The molecule has 0 bridgehead atoms. The lowest BCUT2D eigenvalue weighted by Gasteiger charge is -2.06. The highest BCUT2D eigenvalue weighted by molar-refractivity contribution is 6.31. The Balaban J connectivity index is 2.24. The van der Waals surface area contributed by atoms with Crippen LogP contribution >= 0.6 is 11.6 Å². The molecule has 0 atom stereocenters. The van der Waals surface area contributed by atoms with E-state index in [1.807, 2.05) is 0 Å². The highest BCUT2D eigenvalue weighted by Gasteiger charge is 2.13. The van der Waals surface area contributed by atoms with Gasteiger partial charge < -0.3 is 14.8 Å². The largest absolute Gasteiger partial charge is 0.506 e. The molecule has 88 valence electrons. The van der Waals surface area contributed by atoms with Gasteiger partial charge in [0.05, 0.1) is 17.5 Å². The number of nitrogens with one attached hydrogen (secondary N) is 1. The van der Waals surface area contributed by atoms with E-state index in [9.17, 15) is 9.90 Å². The lowest BCUT2D eigenvalue weighted by atomic mass is 10.2. The van der Waals surface area contributed by atoms with E-state index >= 15 is 0 Å². The van der Waals surface area contributed by atoms with Gasteiger partial charge in [0.25, 0.3) is 5.91 Å². The zero-order valence-electron chi connectivity index (χ0n) is 9.03. The van der Waals surface area contributed by atoms with E-state index in [2.05, 4.69) is 5.32 Å². The number of rotatable bonds is 2. The molecular weight excluding hydrogens is 242 g/mol. The summed E-state index contributed by atoms with van der Waals surface area (Å²) < 4.78 is 5.03. The Morgan fingerprint density at radius 2 is 2.18 bits per heavy atom. The quantitative estimate of drug-likeness (QED) is 0.806. The van der Waals surface area contributed by atoms with Crippen LogP contribution in [0.25, 0.3) is 0 Å². The number of aromatic hydroxyl groups is 1. The normalized spacial score (nSPS) is 10.2. The van der Waals surface area contributed by atoms with Crippen LogP contribution in [0.2, 0.25) is 5.02 Å². The van der Waals surface area contributed by atoms with E-state index in [0.717, 1.165) is 0 Å². The maximum atomic E-state index is 11.8. The van der Waals surface area contributed by atoms with Crippen LogP contribution < -0.4 is 5.32 Å². The SMILES string of the molecule is Cc1occc1C(=O)Nc1cc(Cl)ccc1O. The molecule has 1 aromatic heterocycles. The lowest BCUT2D eigenvalue weighted by Crippen LogP contribution is -2.12. The molecule has 0 unspecified atom stereocenters. The van der Waals surface area contributed by atoms with E-state index in [1.165, 1.54) is 24.5 Å². The van der Waals surface area contributed by atoms with Crippen LogP contribution in [0.4, 0.5) is 5.69 Å². The average Bonchev–Trinajstić information content (AvgIpc) is 2.70. The maximum absolute atomic E-state index is 11.8. The Bertz CT molecular complexity index is 563. The monoisotopic (exact) mass is 251 g/mol. The number of aryl methyl sites for hydroxylation is 1. The van der Waals surface area contributed by atoms with Crippen molar-refractivity contribution in [2.75, 3.05) is 5.32 Å². The fourth-order valence-electron chi connectivity index (χ4n) is 1.42. The minimum Gasteiger partial charge on any atom is -0.506 e. The van der Waals surface area contributed by atoms with Crippen LogP contribution in [0.1, 0.15) is 16.1 Å². The van der Waals surface area contributed by atoms with E-state index in [0.29, 0.717) is 16.3 Å². The molecule has 0 saturated carbocycles. The summed E-state index contributed by atoms with van der Waals surface area (Å²) >= 11 is 5.78. The number of amides is 1. The third-order valence-corrected chi connectivity index (χ3v) is 2.55. The van der Waals surface area contributed by atoms with Crippen LogP contribution in [-0.2, 0) is 0 Å². The number of hydrogen-bond donors (Lipinski definition) is 2. The Hall–Kier alpha value is -1.94. The fourth-order valence-corrected chi connectivity index (χ4v) is 1.59. The second kappa shape index (κ2) is 4.51. The number of hydrogen-bond acceptors (Lipinski definition) is 3. The van der Waals surface area contributed by atoms with Crippen molar-refractivity contribution in [1.29, 1.82) is 0 Å². The third-order valence-electron chi connectivity index (χ3n) is 2.31. The molecule has 0 aliphatic carbocycles. The summed E-state index contributed by atoms with van der Waals surface area (Å²) in [5.74, 6) is 0.127. The van der Waals surface area contributed by atoms with Gasteiger partial charge in [0.15, 0.2) is 0 Å². The number of halogens is 1. The number of carbonyl (C=O) groups is 1. The van der Waals surface area contributed by atoms with Gasteiger partial charge in [-0.3, -0.25) is 4.79 Å². The summed E-state index contributed by atoms with van der Waals surface area (Å²) in [5.41, 5.74) is 0.687. The summed E-state index contributed by atoms with van der Waals surface area (Å²) in [7, 11) is 0. The van der Waals surface area contributed by atoms with Crippen LogP contribution in [0.15, 0.2) is 34.9 Å². The molecule has 0 aliphatic heterocycles. The van der Waals surface area contributed by atoms with Gasteiger partial charge in [-0.1, -0.05) is 11.6 Å². The summed E-state index contributed by atoms with van der Waals surface area (Å²) in [6.45, 7) is 1.69. The topological polar surface area (TPSA) is 62.5 Å². The first-order valence-corrected chi connectivity index (χ1v) is 5.29. The van der Waals surface area contributed by atoms with Crippen molar-refractivity contribution >= 4 is 23.2 Å². The highest BCUT2D eigenvalue weighted by atomic mass is 35.5. The maximum Gasteiger partial charge on any atom is 0.259 e. The molecule has 2 N–H and O–H groups in total. The first kappa shape index (κ1) is 11.5. The van der Waals surface area contributed by atoms with Crippen LogP contribution in [-0.4, -0.2) is 11.0 Å². The molecule has 1 amide bonds. The molecule has 0 saturated heterocycles. The van der Waals surface area contributed by atoms with Gasteiger partial charge in [-0.25, -0.2) is 0 Å². The number of furan rings is 1. The van der Waals surface area contributed by atoms with Crippen LogP contribution in [0, 0.1) is 6.92 Å². The number of phenolic OH excluding ortho intramolecular Hbond substituents is 1. The minimum atomic E-state index is -0.353. The third kappa shape index (κ3) is 2.42. The van der Waals surface area contributed by atoms with E-state index in [1.54, 1.807) is 13.0 Å². The number of anilines is 1. The molecule has 5 heteroatoms. The van der Waals surface area contributed by atoms with Crippen molar-refractivity contribution in [2.45, 2.75) is 6.92 Å². The van der Waals surface area contributed by atoms with Gasteiger partial charge in [0.1, 0.15) is 11.5 Å². The second-order valence-electron chi connectivity index (χ2n) is 3.51. The van der Waals surface area contributed by atoms with Crippen LogP contribution in [0.3, 0.4) is 0 Å². The van der Waals surface area contributed by atoms with E-state index in [4.69, 9.17) is 16.0 Å². The van der Waals surface area contributed by atoms with Crippen molar-refractivity contribution in [3.05, 3.63) is 46.9 Å². The lowest BCUT2D eigenvalue weighted by molar-refractivity contribution is 0.102. The number of phenols is 1. The van der Waals surface area contributed by atoms with Gasteiger partial charge in [0, 0.05) is 5.02 Å². The summed E-state index contributed by atoms with van der Waals surface area (Å²) in [6, 6.07) is 5.99. The van der Waals surface area contributed by atoms with Crippen molar-refractivity contribution < 1.29 is 14.3 Å². The smallest absolute Gasteiger partial charge is 0.259 e. The molecule has 4 nitrogen and oxygen atoms in total. The summed E-state index contributed by atoms with van der Waals surface area (Å²) in [4.78, 5) is 11.8. The molecule has 1 aromatic carbocycles. The molecule has 0 spiro atoms. The van der Waals surface area contributed by atoms with Gasteiger partial charge in [-0.05, 0) is 31.2 Å². The number of carbonyl (C=O) groups excluding carboxylic acids is 1. The molecule has 2 aromatic rings. The van der Waals surface area contributed by atoms with Crippen LogP contribution in [0.5, 0.6) is 5.75 Å².